The second kappa shape index (κ2) is 6.65. The monoisotopic (exact) mass is 286 g/mol. The van der Waals surface area contributed by atoms with Crippen molar-refractivity contribution in [3.8, 4) is 0 Å². The van der Waals surface area contributed by atoms with Crippen LogP contribution >= 0.6 is 0 Å². The molecule has 0 bridgehead atoms. The molecule has 1 aromatic rings. The Balaban J connectivity index is 2.66. The van der Waals surface area contributed by atoms with Crippen molar-refractivity contribution in [2.75, 3.05) is 7.11 Å². The molecule has 0 saturated carbocycles. The molecule has 0 aromatic heterocycles. The number of primary sulfonamides is 1. The van der Waals surface area contributed by atoms with E-state index in [9.17, 15) is 13.2 Å². The molecule has 0 saturated heterocycles. The fourth-order valence-electron chi connectivity index (χ4n) is 1.57. The molecule has 0 amide bonds. The maximum atomic E-state index is 11.4. The SMILES string of the molecule is CCC(NCc1ccc(S(N)(=O)=O)cc1)C(=O)OC. The Morgan fingerprint density at radius 2 is 1.95 bits per heavy atom. The molecule has 0 radical (unpaired) electrons. The van der Waals surface area contributed by atoms with Crippen molar-refractivity contribution in [3.63, 3.8) is 0 Å². The lowest BCUT2D eigenvalue weighted by molar-refractivity contribution is -0.143. The van der Waals surface area contributed by atoms with Crippen LogP contribution in [0.2, 0.25) is 0 Å². The van der Waals surface area contributed by atoms with Crippen LogP contribution in [0, 0.1) is 0 Å². The summed E-state index contributed by atoms with van der Waals surface area (Å²) in [6, 6.07) is 5.80. The number of carbonyl (C=O) groups excluding carboxylic acids is 1. The van der Waals surface area contributed by atoms with Crippen molar-refractivity contribution in [1.82, 2.24) is 5.32 Å². The number of benzene rings is 1. The van der Waals surface area contributed by atoms with E-state index in [2.05, 4.69) is 10.1 Å². The topological polar surface area (TPSA) is 98.5 Å². The zero-order chi connectivity index (χ0) is 14.5. The quantitative estimate of drug-likeness (QED) is 0.736. The molecule has 0 aliphatic carbocycles. The van der Waals surface area contributed by atoms with Gasteiger partial charge in [0.1, 0.15) is 6.04 Å². The summed E-state index contributed by atoms with van der Waals surface area (Å²) in [5.41, 5.74) is 0.856. The summed E-state index contributed by atoms with van der Waals surface area (Å²) in [7, 11) is -2.33. The Bertz CT molecular complexity index is 525. The summed E-state index contributed by atoms with van der Waals surface area (Å²) >= 11 is 0. The summed E-state index contributed by atoms with van der Waals surface area (Å²) in [4.78, 5) is 11.4. The zero-order valence-corrected chi connectivity index (χ0v) is 11.7. The van der Waals surface area contributed by atoms with Gasteiger partial charge in [-0.15, -0.1) is 0 Å². The Morgan fingerprint density at radius 1 is 1.37 bits per heavy atom. The smallest absolute Gasteiger partial charge is 0.322 e. The van der Waals surface area contributed by atoms with Crippen molar-refractivity contribution in [2.45, 2.75) is 30.8 Å². The van der Waals surface area contributed by atoms with Gasteiger partial charge in [-0.05, 0) is 24.1 Å². The van der Waals surface area contributed by atoms with Crippen molar-refractivity contribution < 1.29 is 17.9 Å². The third-order valence-corrected chi connectivity index (χ3v) is 3.63. The van der Waals surface area contributed by atoms with Gasteiger partial charge in [0.15, 0.2) is 0 Å². The minimum atomic E-state index is -3.67. The summed E-state index contributed by atoms with van der Waals surface area (Å²) in [6.45, 7) is 2.32. The lowest BCUT2D eigenvalue weighted by Gasteiger charge is -2.14. The molecule has 19 heavy (non-hydrogen) atoms. The summed E-state index contributed by atoms with van der Waals surface area (Å²) < 4.78 is 26.8. The van der Waals surface area contributed by atoms with Crippen molar-refractivity contribution in [1.29, 1.82) is 0 Å². The van der Waals surface area contributed by atoms with Crippen LogP contribution in [0.1, 0.15) is 18.9 Å². The molecule has 3 N–H and O–H groups in total. The third kappa shape index (κ3) is 4.62. The van der Waals surface area contributed by atoms with E-state index in [-0.39, 0.29) is 16.9 Å². The van der Waals surface area contributed by atoms with Crippen molar-refractivity contribution in [2.24, 2.45) is 5.14 Å². The third-order valence-electron chi connectivity index (χ3n) is 2.70. The minimum Gasteiger partial charge on any atom is -0.468 e. The molecular weight excluding hydrogens is 268 g/mol. The molecule has 1 atom stereocenters. The van der Waals surface area contributed by atoms with Gasteiger partial charge in [0, 0.05) is 6.54 Å². The second-order valence-corrected chi connectivity index (χ2v) is 5.62. The standard InChI is InChI=1S/C12H18N2O4S/c1-3-11(12(15)18-2)14-8-9-4-6-10(7-5-9)19(13,16)17/h4-7,11,14H,3,8H2,1-2H3,(H2,13,16,17). The van der Waals surface area contributed by atoms with Gasteiger partial charge in [-0.25, -0.2) is 13.6 Å². The van der Waals surface area contributed by atoms with Gasteiger partial charge in [0.25, 0.3) is 0 Å². The van der Waals surface area contributed by atoms with Crippen LogP contribution in [0.15, 0.2) is 29.2 Å². The first-order valence-corrected chi connectivity index (χ1v) is 7.36. The Hall–Kier alpha value is -1.44. The Kier molecular flexibility index (Phi) is 5.46. The highest BCUT2D eigenvalue weighted by atomic mass is 32.2. The predicted octanol–water partition coefficient (Wildman–Crippen LogP) is 0.375. The molecular formula is C12H18N2O4S. The first kappa shape index (κ1) is 15.6. The lowest BCUT2D eigenvalue weighted by Crippen LogP contribution is -2.36. The average Bonchev–Trinajstić information content (AvgIpc) is 2.38. The van der Waals surface area contributed by atoms with Crippen LogP contribution in [0.5, 0.6) is 0 Å². The minimum absolute atomic E-state index is 0.0660. The molecule has 0 aliphatic heterocycles. The molecule has 106 valence electrons. The number of esters is 1. The molecule has 7 heteroatoms. The van der Waals surface area contributed by atoms with Crippen molar-refractivity contribution >= 4 is 16.0 Å². The fourth-order valence-corrected chi connectivity index (χ4v) is 2.09. The first-order chi connectivity index (χ1) is 8.88. The van der Waals surface area contributed by atoms with Crippen LogP contribution in [-0.4, -0.2) is 27.5 Å². The normalized spacial score (nSPS) is 13.0. The maximum Gasteiger partial charge on any atom is 0.322 e. The average molecular weight is 286 g/mol. The van der Waals surface area contributed by atoms with Crippen LogP contribution < -0.4 is 10.5 Å². The van der Waals surface area contributed by atoms with Gasteiger partial charge < -0.3 is 10.1 Å². The van der Waals surface area contributed by atoms with E-state index in [0.29, 0.717) is 13.0 Å². The number of nitrogens with one attached hydrogen (secondary N) is 1. The highest BCUT2D eigenvalue weighted by Crippen LogP contribution is 2.09. The molecule has 6 nitrogen and oxygen atoms in total. The van der Waals surface area contributed by atoms with Gasteiger partial charge in [-0.2, -0.15) is 0 Å². The van der Waals surface area contributed by atoms with Crippen LogP contribution in [0.3, 0.4) is 0 Å². The number of methoxy groups -OCH3 is 1. The lowest BCUT2D eigenvalue weighted by atomic mass is 10.2. The van der Waals surface area contributed by atoms with Gasteiger partial charge in [0.2, 0.25) is 10.0 Å². The molecule has 0 heterocycles. The Morgan fingerprint density at radius 3 is 2.37 bits per heavy atom. The number of carbonyl (C=O) groups is 1. The molecule has 1 rings (SSSR count). The van der Waals surface area contributed by atoms with Gasteiger partial charge in [-0.3, -0.25) is 4.79 Å². The number of hydrogen-bond donors (Lipinski definition) is 2. The second-order valence-electron chi connectivity index (χ2n) is 4.05. The predicted molar refractivity (Wildman–Crippen MR) is 70.7 cm³/mol. The van der Waals surface area contributed by atoms with Crippen LogP contribution in [0.25, 0.3) is 0 Å². The van der Waals surface area contributed by atoms with E-state index < -0.39 is 10.0 Å². The van der Waals surface area contributed by atoms with Gasteiger partial charge >= 0.3 is 5.97 Å². The van der Waals surface area contributed by atoms with Crippen LogP contribution in [0.4, 0.5) is 0 Å². The van der Waals surface area contributed by atoms with E-state index in [1.54, 1.807) is 12.1 Å². The number of rotatable bonds is 6. The number of sulfonamides is 1. The molecule has 0 spiro atoms. The van der Waals surface area contributed by atoms with Gasteiger partial charge in [-0.1, -0.05) is 19.1 Å². The summed E-state index contributed by atoms with van der Waals surface area (Å²) in [6.07, 6.45) is 0.613. The highest BCUT2D eigenvalue weighted by molar-refractivity contribution is 7.89. The summed E-state index contributed by atoms with van der Waals surface area (Å²) in [5.74, 6) is -0.316. The number of nitrogens with two attached hydrogens (primary N) is 1. The highest BCUT2D eigenvalue weighted by Gasteiger charge is 2.15. The summed E-state index contributed by atoms with van der Waals surface area (Å²) in [5, 5.41) is 8.04. The number of hydrogen-bond acceptors (Lipinski definition) is 5. The zero-order valence-electron chi connectivity index (χ0n) is 10.9. The van der Waals surface area contributed by atoms with E-state index in [1.165, 1.54) is 19.2 Å². The fraction of sp³-hybridized carbons (Fsp3) is 0.417. The van der Waals surface area contributed by atoms with Gasteiger partial charge in [0.05, 0.1) is 12.0 Å². The molecule has 0 fully saturated rings. The van der Waals surface area contributed by atoms with Crippen molar-refractivity contribution in [3.05, 3.63) is 29.8 Å². The van der Waals surface area contributed by atoms with E-state index >= 15 is 0 Å². The molecule has 0 aliphatic rings. The van der Waals surface area contributed by atoms with Crippen LogP contribution in [-0.2, 0) is 26.1 Å². The largest absolute Gasteiger partial charge is 0.468 e. The first-order valence-electron chi connectivity index (χ1n) is 5.81. The van der Waals surface area contributed by atoms with E-state index in [0.717, 1.165) is 5.56 Å². The Labute approximate surface area is 113 Å². The van der Waals surface area contributed by atoms with E-state index in [1.807, 2.05) is 6.92 Å². The molecule has 1 unspecified atom stereocenters. The number of ether oxygens (including phenoxy) is 1. The molecule has 1 aromatic carbocycles. The van der Waals surface area contributed by atoms with E-state index in [4.69, 9.17) is 5.14 Å². The maximum absolute atomic E-state index is 11.4.